The van der Waals surface area contributed by atoms with Gasteiger partial charge in [-0.05, 0) is 73.2 Å². The lowest BCUT2D eigenvalue weighted by Crippen LogP contribution is -2.29. The Bertz CT molecular complexity index is 1360. The van der Waals surface area contributed by atoms with Crippen LogP contribution in [0.5, 0.6) is 11.5 Å². The van der Waals surface area contributed by atoms with Gasteiger partial charge in [-0.2, -0.15) is 0 Å². The van der Waals surface area contributed by atoms with Crippen LogP contribution in [0.1, 0.15) is 54.1 Å². The van der Waals surface area contributed by atoms with E-state index >= 15 is 0 Å². The summed E-state index contributed by atoms with van der Waals surface area (Å²) >= 11 is 0. The average molecular weight is 515 g/mol. The van der Waals surface area contributed by atoms with Crippen molar-refractivity contribution in [3.8, 4) is 11.5 Å². The quantitative estimate of drug-likeness (QED) is 0.222. The van der Waals surface area contributed by atoms with Crippen molar-refractivity contribution in [1.82, 2.24) is 9.88 Å². The smallest absolute Gasteiger partial charge is 0.295 e. The molecule has 198 valence electrons. The standard InChI is InChI=1S/C31H34N2O5/c1-19(2)12-15-38-25-9-8-23(17-26(25)37-5)28-27(29(34)24-16-20(3)6-7-21(24)4)30(35)31(36)33(28)18-22-10-13-32-14-11-22/h6-11,13-14,16-17,19,28,34H,12,15,18H2,1-5H3. The molecule has 1 aromatic heterocycles. The number of ether oxygens (including phenoxy) is 2. The third-order valence-electron chi connectivity index (χ3n) is 6.75. The molecule has 38 heavy (non-hydrogen) atoms. The van der Waals surface area contributed by atoms with Crippen LogP contribution >= 0.6 is 0 Å². The summed E-state index contributed by atoms with van der Waals surface area (Å²) in [5, 5.41) is 11.5. The van der Waals surface area contributed by atoms with Gasteiger partial charge in [0.25, 0.3) is 11.7 Å². The third kappa shape index (κ3) is 5.57. The van der Waals surface area contributed by atoms with Crippen LogP contribution < -0.4 is 9.47 Å². The molecule has 4 rings (SSSR count). The van der Waals surface area contributed by atoms with Crippen LogP contribution in [0.4, 0.5) is 0 Å². The first kappa shape index (κ1) is 26.9. The fourth-order valence-electron chi connectivity index (χ4n) is 4.59. The molecule has 1 amide bonds. The second kappa shape index (κ2) is 11.5. The molecule has 7 nitrogen and oxygen atoms in total. The molecule has 1 aliphatic heterocycles. The van der Waals surface area contributed by atoms with E-state index in [9.17, 15) is 14.7 Å². The molecule has 0 bridgehead atoms. The summed E-state index contributed by atoms with van der Waals surface area (Å²) in [7, 11) is 1.55. The number of rotatable bonds is 9. The van der Waals surface area contributed by atoms with Crippen LogP contribution in [0.3, 0.4) is 0 Å². The molecule has 7 heteroatoms. The van der Waals surface area contributed by atoms with Gasteiger partial charge < -0.3 is 19.5 Å². The lowest BCUT2D eigenvalue weighted by atomic mass is 9.93. The van der Waals surface area contributed by atoms with E-state index in [2.05, 4.69) is 18.8 Å². The van der Waals surface area contributed by atoms with Gasteiger partial charge in [0, 0.05) is 24.5 Å². The van der Waals surface area contributed by atoms with Gasteiger partial charge >= 0.3 is 0 Å². The van der Waals surface area contributed by atoms with Gasteiger partial charge in [-0.15, -0.1) is 0 Å². The molecule has 1 atom stereocenters. The lowest BCUT2D eigenvalue weighted by molar-refractivity contribution is -0.140. The number of aromatic nitrogens is 1. The van der Waals surface area contributed by atoms with Crippen LogP contribution in [-0.4, -0.2) is 40.4 Å². The summed E-state index contributed by atoms with van der Waals surface area (Å²) in [6.45, 7) is 8.76. The predicted octanol–water partition coefficient (Wildman–Crippen LogP) is 5.75. The molecule has 0 saturated carbocycles. The lowest BCUT2D eigenvalue weighted by Gasteiger charge is -2.26. The molecular formula is C31H34N2O5. The highest BCUT2D eigenvalue weighted by atomic mass is 16.5. The minimum atomic E-state index is -0.818. The maximum Gasteiger partial charge on any atom is 0.295 e. The molecule has 1 saturated heterocycles. The summed E-state index contributed by atoms with van der Waals surface area (Å²) in [6, 6.07) is 13.8. The van der Waals surface area contributed by atoms with Gasteiger partial charge in [-0.25, -0.2) is 0 Å². The molecule has 1 N–H and O–H groups in total. The van der Waals surface area contributed by atoms with E-state index in [1.165, 1.54) is 4.90 Å². The van der Waals surface area contributed by atoms with Crippen molar-refractivity contribution in [3.63, 3.8) is 0 Å². The van der Waals surface area contributed by atoms with Gasteiger partial charge in [-0.3, -0.25) is 14.6 Å². The first-order chi connectivity index (χ1) is 18.2. The molecule has 1 aliphatic rings. The number of carbonyl (C=O) groups is 2. The topological polar surface area (TPSA) is 89.0 Å². The number of hydrogen-bond donors (Lipinski definition) is 1. The van der Waals surface area contributed by atoms with E-state index in [4.69, 9.17) is 9.47 Å². The highest BCUT2D eigenvalue weighted by molar-refractivity contribution is 6.46. The Morgan fingerprint density at radius 2 is 1.76 bits per heavy atom. The number of likely N-dealkylation sites (tertiary alicyclic amines) is 1. The van der Waals surface area contributed by atoms with E-state index < -0.39 is 17.7 Å². The fraction of sp³-hybridized carbons (Fsp3) is 0.323. The maximum atomic E-state index is 13.4. The Morgan fingerprint density at radius 1 is 1.03 bits per heavy atom. The van der Waals surface area contributed by atoms with Gasteiger partial charge in [0.05, 0.1) is 25.3 Å². The van der Waals surface area contributed by atoms with Crippen molar-refractivity contribution >= 4 is 17.4 Å². The largest absolute Gasteiger partial charge is 0.507 e. The number of nitrogens with zero attached hydrogens (tertiary/aromatic N) is 2. The SMILES string of the molecule is COc1cc(C2C(=C(O)c3cc(C)ccc3C)C(=O)C(=O)N2Cc2ccncc2)ccc1OCCC(C)C. The average Bonchev–Trinajstić information content (AvgIpc) is 3.15. The van der Waals surface area contributed by atoms with E-state index in [-0.39, 0.29) is 17.9 Å². The third-order valence-corrected chi connectivity index (χ3v) is 6.75. The second-order valence-corrected chi connectivity index (χ2v) is 10.0. The van der Waals surface area contributed by atoms with Gasteiger partial charge in [0.1, 0.15) is 5.76 Å². The van der Waals surface area contributed by atoms with Crippen molar-refractivity contribution in [3.05, 3.63) is 94.3 Å². The summed E-state index contributed by atoms with van der Waals surface area (Å²) < 4.78 is 11.6. The molecule has 3 aromatic rings. The van der Waals surface area contributed by atoms with Crippen LogP contribution in [0.15, 0.2) is 66.5 Å². The Balaban J connectivity index is 1.84. The van der Waals surface area contributed by atoms with Gasteiger partial charge in [0.15, 0.2) is 11.5 Å². The Morgan fingerprint density at radius 3 is 2.45 bits per heavy atom. The van der Waals surface area contributed by atoms with E-state index in [1.54, 1.807) is 43.8 Å². The van der Waals surface area contributed by atoms with Crippen LogP contribution in [0, 0.1) is 19.8 Å². The Hall–Kier alpha value is -4.13. The Kier molecular flexibility index (Phi) is 8.15. The molecule has 2 heterocycles. The van der Waals surface area contributed by atoms with Crippen molar-refractivity contribution in [2.75, 3.05) is 13.7 Å². The number of Topliss-reactive ketones (excluding diaryl/α,β-unsaturated/α-hetero) is 1. The number of carbonyl (C=O) groups excluding carboxylic acids is 2. The van der Waals surface area contributed by atoms with Gasteiger partial charge in [-0.1, -0.05) is 37.6 Å². The Labute approximate surface area is 223 Å². The van der Waals surface area contributed by atoms with E-state index in [0.717, 1.165) is 23.1 Å². The van der Waals surface area contributed by atoms with Crippen molar-refractivity contribution in [2.24, 2.45) is 5.92 Å². The van der Waals surface area contributed by atoms with Crippen molar-refractivity contribution < 1.29 is 24.2 Å². The molecule has 1 unspecified atom stereocenters. The van der Waals surface area contributed by atoms with Crippen LogP contribution in [0.25, 0.3) is 5.76 Å². The fourth-order valence-corrected chi connectivity index (χ4v) is 4.59. The van der Waals surface area contributed by atoms with Crippen LogP contribution in [-0.2, 0) is 16.1 Å². The predicted molar refractivity (Wildman–Crippen MR) is 146 cm³/mol. The van der Waals surface area contributed by atoms with Crippen LogP contribution in [0.2, 0.25) is 0 Å². The number of aryl methyl sites for hydroxylation is 2. The first-order valence-electron chi connectivity index (χ1n) is 12.8. The number of methoxy groups -OCH3 is 1. The number of ketones is 1. The summed E-state index contributed by atoms with van der Waals surface area (Å²) in [5.74, 6) is -0.0140. The number of hydrogen-bond acceptors (Lipinski definition) is 6. The second-order valence-electron chi connectivity index (χ2n) is 10.0. The molecule has 0 aliphatic carbocycles. The molecule has 2 aromatic carbocycles. The van der Waals surface area contributed by atoms with Crippen molar-refractivity contribution in [1.29, 1.82) is 0 Å². The number of amides is 1. The highest BCUT2D eigenvalue weighted by Crippen LogP contribution is 2.43. The number of benzene rings is 2. The summed E-state index contributed by atoms with van der Waals surface area (Å²) in [4.78, 5) is 32.4. The van der Waals surface area contributed by atoms with Gasteiger partial charge in [0.2, 0.25) is 0 Å². The minimum Gasteiger partial charge on any atom is -0.507 e. The number of pyridine rings is 1. The van der Waals surface area contributed by atoms with Crippen molar-refractivity contribution in [2.45, 2.75) is 46.7 Å². The molecular weight excluding hydrogens is 480 g/mol. The molecule has 1 fully saturated rings. The monoisotopic (exact) mass is 514 g/mol. The molecule has 0 radical (unpaired) electrons. The summed E-state index contributed by atoms with van der Waals surface area (Å²) in [6.07, 6.45) is 4.18. The molecule has 0 spiro atoms. The minimum absolute atomic E-state index is 0.0493. The van der Waals surface area contributed by atoms with E-state index in [0.29, 0.717) is 35.2 Å². The first-order valence-corrected chi connectivity index (χ1v) is 12.8. The van der Waals surface area contributed by atoms with E-state index in [1.807, 2.05) is 38.1 Å². The normalized spacial score (nSPS) is 16.8. The zero-order chi connectivity index (χ0) is 27.4. The number of aliphatic hydroxyl groups excluding tert-OH is 1. The number of aliphatic hydroxyl groups is 1. The highest BCUT2D eigenvalue weighted by Gasteiger charge is 2.46. The maximum absolute atomic E-state index is 13.4. The zero-order valence-corrected chi connectivity index (χ0v) is 22.5. The zero-order valence-electron chi connectivity index (χ0n) is 22.5. The summed E-state index contributed by atoms with van der Waals surface area (Å²) in [5.41, 5.74) is 3.77.